The molecule has 0 bridgehead atoms. The molecule has 3 aliphatic rings. The molecule has 1 saturated carbocycles. The van der Waals surface area contributed by atoms with Gasteiger partial charge in [-0.3, -0.25) is 19.3 Å². The number of rotatable bonds is 7. The molecule has 0 spiro atoms. The van der Waals surface area contributed by atoms with Gasteiger partial charge in [0.1, 0.15) is 5.56 Å². The van der Waals surface area contributed by atoms with Crippen molar-refractivity contribution in [1.29, 1.82) is 0 Å². The normalized spacial score (nSPS) is 24.8. The van der Waals surface area contributed by atoms with Crippen LogP contribution in [0.3, 0.4) is 0 Å². The molecule has 0 radical (unpaired) electrons. The second kappa shape index (κ2) is 9.31. The van der Waals surface area contributed by atoms with E-state index in [0.717, 1.165) is 19.4 Å². The minimum absolute atomic E-state index is 0.172. The number of nitrogens with one attached hydrogen (secondary N) is 1. The van der Waals surface area contributed by atoms with E-state index in [9.17, 15) is 14.4 Å². The molecule has 0 aromatic carbocycles. The van der Waals surface area contributed by atoms with Crippen molar-refractivity contribution in [3.63, 3.8) is 0 Å². The topological polar surface area (TPSA) is 83.9 Å². The summed E-state index contributed by atoms with van der Waals surface area (Å²) in [6.07, 6.45) is 6.61. The number of morpholine rings is 1. The number of hydrogen-bond donors (Lipinski definition) is 1. The molecule has 4 rings (SSSR count). The zero-order valence-corrected chi connectivity index (χ0v) is 17.7. The first kappa shape index (κ1) is 21.1. The van der Waals surface area contributed by atoms with E-state index in [4.69, 9.17) is 4.74 Å². The van der Waals surface area contributed by atoms with E-state index >= 15 is 0 Å². The summed E-state index contributed by atoms with van der Waals surface area (Å²) in [6, 6.07) is 3.72. The number of aryl methyl sites for hydroxylation is 1. The van der Waals surface area contributed by atoms with Gasteiger partial charge in [0.15, 0.2) is 0 Å². The summed E-state index contributed by atoms with van der Waals surface area (Å²) in [6.45, 7) is 4.10. The number of likely N-dealkylation sites (tertiary alicyclic amines) is 1. The Hall–Kier alpha value is -2.19. The van der Waals surface area contributed by atoms with E-state index < -0.39 is 0 Å². The van der Waals surface area contributed by atoms with Crippen LogP contribution in [0.1, 0.15) is 42.5 Å². The Morgan fingerprint density at radius 1 is 1.13 bits per heavy atom. The van der Waals surface area contributed by atoms with Crippen LogP contribution in [0.2, 0.25) is 0 Å². The van der Waals surface area contributed by atoms with Crippen molar-refractivity contribution in [2.75, 3.05) is 39.4 Å². The van der Waals surface area contributed by atoms with Crippen LogP contribution < -0.4 is 10.9 Å². The summed E-state index contributed by atoms with van der Waals surface area (Å²) in [7, 11) is 1.64. The van der Waals surface area contributed by atoms with Gasteiger partial charge in [0.05, 0.1) is 13.2 Å². The van der Waals surface area contributed by atoms with Gasteiger partial charge >= 0.3 is 0 Å². The minimum atomic E-state index is -0.324. The standard InChI is InChI=1S/C22H32N4O4/c1-24-8-2-3-19(22(24)29)21(28)23-14-18-7-6-17(26(18)15-16-4-5-16)13-20(27)25-9-11-30-12-10-25/h2-3,8,16-18H,4-7,9-15H2,1H3,(H,23,28)/t17-,18+/m1/s1. The summed E-state index contributed by atoms with van der Waals surface area (Å²) in [4.78, 5) is 41.9. The van der Waals surface area contributed by atoms with Crippen LogP contribution in [0.25, 0.3) is 0 Å². The highest BCUT2D eigenvalue weighted by Gasteiger charge is 2.38. The third kappa shape index (κ3) is 4.92. The second-order valence-corrected chi connectivity index (χ2v) is 8.77. The van der Waals surface area contributed by atoms with Crippen LogP contribution in [0.4, 0.5) is 0 Å². The van der Waals surface area contributed by atoms with Crippen LogP contribution >= 0.6 is 0 Å². The predicted octanol–water partition coefficient (Wildman–Crippen LogP) is 0.607. The lowest BCUT2D eigenvalue weighted by atomic mass is 10.1. The summed E-state index contributed by atoms with van der Waals surface area (Å²) < 4.78 is 6.77. The number of carbonyl (C=O) groups is 2. The maximum atomic E-state index is 12.8. The summed E-state index contributed by atoms with van der Waals surface area (Å²) in [5.41, 5.74) is -0.115. The van der Waals surface area contributed by atoms with E-state index in [1.165, 1.54) is 17.4 Å². The van der Waals surface area contributed by atoms with Crippen LogP contribution in [0.15, 0.2) is 23.1 Å². The second-order valence-electron chi connectivity index (χ2n) is 8.77. The fraction of sp³-hybridized carbons (Fsp3) is 0.682. The quantitative estimate of drug-likeness (QED) is 0.704. The van der Waals surface area contributed by atoms with Crippen molar-refractivity contribution < 1.29 is 14.3 Å². The van der Waals surface area contributed by atoms with Gasteiger partial charge in [0.25, 0.3) is 11.5 Å². The molecule has 8 nitrogen and oxygen atoms in total. The Morgan fingerprint density at radius 3 is 2.60 bits per heavy atom. The Morgan fingerprint density at radius 2 is 1.87 bits per heavy atom. The zero-order valence-electron chi connectivity index (χ0n) is 17.7. The van der Waals surface area contributed by atoms with Gasteiger partial charge in [-0.2, -0.15) is 0 Å². The maximum absolute atomic E-state index is 12.8. The van der Waals surface area contributed by atoms with Gasteiger partial charge in [0.2, 0.25) is 5.91 Å². The summed E-state index contributed by atoms with van der Waals surface area (Å²) in [5, 5.41) is 2.96. The average Bonchev–Trinajstić information content (AvgIpc) is 3.50. The highest BCUT2D eigenvalue weighted by atomic mass is 16.5. The van der Waals surface area contributed by atoms with Gasteiger partial charge in [-0.05, 0) is 43.7 Å². The smallest absolute Gasteiger partial charge is 0.263 e. The summed E-state index contributed by atoms with van der Waals surface area (Å²) >= 11 is 0. The van der Waals surface area contributed by atoms with E-state index in [1.807, 2.05) is 4.90 Å². The molecule has 2 amide bonds. The maximum Gasteiger partial charge on any atom is 0.263 e. The number of hydrogen-bond acceptors (Lipinski definition) is 5. The van der Waals surface area contributed by atoms with E-state index in [2.05, 4.69) is 10.2 Å². The first-order valence-corrected chi connectivity index (χ1v) is 11.1. The Bertz CT molecular complexity index is 829. The molecule has 1 aromatic heterocycles. The van der Waals surface area contributed by atoms with E-state index in [1.54, 1.807) is 25.4 Å². The lowest BCUT2D eigenvalue weighted by Gasteiger charge is -2.33. The first-order valence-electron chi connectivity index (χ1n) is 11.1. The van der Waals surface area contributed by atoms with Gasteiger partial charge in [-0.1, -0.05) is 0 Å². The fourth-order valence-electron chi connectivity index (χ4n) is 4.57. The number of aromatic nitrogens is 1. The molecule has 3 heterocycles. The van der Waals surface area contributed by atoms with Crippen molar-refractivity contribution >= 4 is 11.8 Å². The van der Waals surface area contributed by atoms with Gasteiger partial charge < -0.3 is 19.5 Å². The molecule has 1 aliphatic carbocycles. The number of carbonyl (C=O) groups excluding carboxylic acids is 2. The van der Waals surface area contributed by atoms with E-state index in [-0.39, 0.29) is 35.0 Å². The predicted molar refractivity (Wildman–Crippen MR) is 112 cm³/mol. The van der Waals surface area contributed by atoms with Crippen LogP contribution in [-0.4, -0.2) is 77.7 Å². The van der Waals surface area contributed by atoms with Crippen molar-refractivity contribution in [2.45, 2.75) is 44.2 Å². The summed E-state index contributed by atoms with van der Waals surface area (Å²) in [5.74, 6) is 0.598. The average molecular weight is 417 g/mol. The van der Waals surface area contributed by atoms with Crippen molar-refractivity contribution in [3.05, 3.63) is 34.2 Å². The SMILES string of the molecule is Cn1cccc(C(=O)NC[C@@H]2CC[C@H](CC(=O)N3CCOCC3)N2CC2CC2)c1=O. The largest absolute Gasteiger partial charge is 0.378 e. The highest BCUT2D eigenvalue weighted by molar-refractivity contribution is 5.93. The lowest BCUT2D eigenvalue weighted by Crippen LogP contribution is -2.47. The lowest BCUT2D eigenvalue weighted by molar-refractivity contribution is -0.136. The number of nitrogens with zero attached hydrogens (tertiary/aromatic N) is 3. The molecular formula is C22H32N4O4. The fourth-order valence-corrected chi connectivity index (χ4v) is 4.57. The molecule has 8 heteroatoms. The Balaban J connectivity index is 1.36. The molecule has 0 unspecified atom stereocenters. The molecule has 2 aliphatic heterocycles. The van der Waals surface area contributed by atoms with Crippen molar-refractivity contribution in [3.8, 4) is 0 Å². The Kier molecular flexibility index (Phi) is 6.53. The first-order chi connectivity index (χ1) is 14.5. The van der Waals surface area contributed by atoms with Crippen molar-refractivity contribution in [2.24, 2.45) is 13.0 Å². The molecule has 164 valence electrons. The molecule has 1 aromatic rings. The van der Waals surface area contributed by atoms with Gasteiger partial charge in [-0.15, -0.1) is 0 Å². The third-order valence-corrected chi connectivity index (χ3v) is 6.58. The molecule has 3 fully saturated rings. The van der Waals surface area contributed by atoms with Crippen LogP contribution in [-0.2, 0) is 16.6 Å². The monoisotopic (exact) mass is 416 g/mol. The van der Waals surface area contributed by atoms with Gasteiger partial charge in [0, 0.05) is 57.9 Å². The number of pyridine rings is 1. The van der Waals surface area contributed by atoms with Crippen LogP contribution in [0, 0.1) is 5.92 Å². The van der Waals surface area contributed by atoms with Crippen LogP contribution in [0.5, 0.6) is 0 Å². The van der Waals surface area contributed by atoms with Crippen molar-refractivity contribution in [1.82, 2.24) is 19.7 Å². The van der Waals surface area contributed by atoms with Gasteiger partial charge in [-0.25, -0.2) is 0 Å². The molecule has 2 saturated heterocycles. The molecular weight excluding hydrogens is 384 g/mol. The third-order valence-electron chi connectivity index (χ3n) is 6.58. The van der Waals surface area contributed by atoms with E-state index in [0.29, 0.717) is 45.2 Å². The minimum Gasteiger partial charge on any atom is -0.378 e. The highest BCUT2D eigenvalue weighted by Crippen LogP contribution is 2.35. The number of amides is 2. The molecule has 2 atom stereocenters. The molecule has 30 heavy (non-hydrogen) atoms. The molecule has 1 N–H and O–H groups in total. The number of ether oxygens (including phenoxy) is 1. The zero-order chi connectivity index (χ0) is 21.1. The Labute approximate surface area is 177 Å².